The van der Waals surface area contributed by atoms with Gasteiger partial charge >= 0.3 is 0 Å². The van der Waals surface area contributed by atoms with Crippen molar-refractivity contribution in [1.29, 1.82) is 0 Å². The van der Waals surface area contributed by atoms with E-state index in [1.54, 1.807) is 12.1 Å². The average Bonchev–Trinajstić information content (AvgIpc) is 2.59. The van der Waals surface area contributed by atoms with E-state index in [0.29, 0.717) is 24.5 Å². The lowest BCUT2D eigenvalue weighted by Gasteiger charge is -2.18. The summed E-state index contributed by atoms with van der Waals surface area (Å²) in [5.74, 6) is 1.23. The number of hydrogen-bond donors (Lipinski definition) is 1. The fourth-order valence-corrected chi connectivity index (χ4v) is 2.21. The van der Waals surface area contributed by atoms with E-state index in [9.17, 15) is 4.79 Å². The predicted octanol–water partition coefficient (Wildman–Crippen LogP) is 4.36. The Morgan fingerprint density at radius 3 is 2.75 bits per heavy atom. The van der Waals surface area contributed by atoms with E-state index in [1.807, 2.05) is 56.3 Å². The number of carbonyl (C=O) groups excluding carboxylic acids is 1. The first-order valence-electron chi connectivity index (χ1n) is 8.01. The number of para-hydroxylation sites is 1. The monoisotopic (exact) mass is 325 g/mol. The Labute approximate surface area is 143 Å². The Balaban J connectivity index is 2.04. The van der Waals surface area contributed by atoms with Crippen molar-refractivity contribution >= 4 is 11.6 Å². The molecule has 0 heterocycles. The molecule has 0 aliphatic carbocycles. The number of ether oxygens (including phenoxy) is 2. The van der Waals surface area contributed by atoms with Crippen LogP contribution in [0.5, 0.6) is 11.5 Å². The number of rotatable bonds is 8. The summed E-state index contributed by atoms with van der Waals surface area (Å²) in [5, 5.41) is 2.88. The lowest BCUT2D eigenvalue weighted by molar-refractivity contribution is -0.122. The van der Waals surface area contributed by atoms with E-state index in [-0.39, 0.29) is 5.91 Å². The topological polar surface area (TPSA) is 47.6 Å². The zero-order valence-corrected chi connectivity index (χ0v) is 14.1. The first kappa shape index (κ1) is 17.6. The fraction of sp³-hybridized carbons (Fsp3) is 0.250. The van der Waals surface area contributed by atoms with Crippen molar-refractivity contribution in [3.8, 4) is 11.5 Å². The molecule has 4 heteroatoms. The molecular weight excluding hydrogens is 302 g/mol. The molecule has 0 saturated carbocycles. The molecule has 4 nitrogen and oxygen atoms in total. The SMILES string of the molecule is C=CCOc1cccc(NC(=O)C(CC)Oc2ccccc2C)c1. The van der Waals surface area contributed by atoms with E-state index in [2.05, 4.69) is 11.9 Å². The van der Waals surface area contributed by atoms with Gasteiger partial charge in [0.15, 0.2) is 6.10 Å². The van der Waals surface area contributed by atoms with Gasteiger partial charge in [-0.15, -0.1) is 0 Å². The summed E-state index contributed by atoms with van der Waals surface area (Å²) in [6.07, 6.45) is 1.70. The Bertz CT molecular complexity index is 697. The normalized spacial score (nSPS) is 11.4. The average molecular weight is 325 g/mol. The number of hydrogen-bond acceptors (Lipinski definition) is 3. The summed E-state index contributed by atoms with van der Waals surface area (Å²) in [6, 6.07) is 14.9. The molecular formula is C20H23NO3. The standard InChI is InChI=1S/C20H23NO3/c1-4-13-23-17-11-8-10-16(14-17)21-20(22)18(5-2)24-19-12-7-6-9-15(19)3/h4,6-12,14,18H,1,5,13H2,2-3H3,(H,21,22). The second kappa shape index (κ2) is 8.77. The smallest absolute Gasteiger partial charge is 0.265 e. The van der Waals surface area contributed by atoms with Crippen molar-refractivity contribution in [2.45, 2.75) is 26.4 Å². The van der Waals surface area contributed by atoms with E-state index >= 15 is 0 Å². The van der Waals surface area contributed by atoms with Crippen LogP contribution >= 0.6 is 0 Å². The van der Waals surface area contributed by atoms with Crippen molar-refractivity contribution in [1.82, 2.24) is 0 Å². The predicted molar refractivity (Wildman–Crippen MR) is 96.6 cm³/mol. The largest absolute Gasteiger partial charge is 0.489 e. The van der Waals surface area contributed by atoms with Crippen LogP contribution in [0.2, 0.25) is 0 Å². The molecule has 0 aliphatic heterocycles. The van der Waals surface area contributed by atoms with Gasteiger partial charge in [-0.25, -0.2) is 0 Å². The number of benzene rings is 2. The van der Waals surface area contributed by atoms with Crippen LogP contribution in [0.15, 0.2) is 61.2 Å². The highest BCUT2D eigenvalue weighted by Crippen LogP contribution is 2.21. The van der Waals surface area contributed by atoms with Crippen molar-refractivity contribution < 1.29 is 14.3 Å². The molecule has 0 fully saturated rings. The van der Waals surface area contributed by atoms with Crippen molar-refractivity contribution in [2.75, 3.05) is 11.9 Å². The molecule has 0 spiro atoms. The third kappa shape index (κ3) is 4.88. The van der Waals surface area contributed by atoms with Crippen molar-refractivity contribution in [2.24, 2.45) is 0 Å². The Hall–Kier alpha value is -2.75. The van der Waals surface area contributed by atoms with Crippen LogP contribution in [-0.2, 0) is 4.79 Å². The third-order valence-electron chi connectivity index (χ3n) is 3.50. The molecule has 0 bridgehead atoms. The minimum absolute atomic E-state index is 0.179. The van der Waals surface area contributed by atoms with E-state index in [0.717, 1.165) is 11.3 Å². The van der Waals surface area contributed by atoms with Gasteiger partial charge in [-0.2, -0.15) is 0 Å². The molecule has 2 aromatic rings. The van der Waals surface area contributed by atoms with Gasteiger partial charge in [0.25, 0.3) is 5.91 Å². The van der Waals surface area contributed by atoms with Crippen molar-refractivity contribution in [3.05, 3.63) is 66.7 Å². The maximum Gasteiger partial charge on any atom is 0.265 e. The molecule has 2 aromatic carbocycles. The molecule has 1 atom stereocenters. The van der Waals surface area contributed by atoms with Crippen LogP contribution in [0.1, 0.15) is 18.9 Å². The molecule has 1 amide bonds. The number of nitrogens with one attached hydrogen (secondary N) is 1. The molecule has 126 valence electrons. The van der Waals surface area contributed by atoms with Crippen LogP contribution in [0.4, 0.5) is 5.69 Å². The maximum atomic E-state index is 12.5. The summed E-state index contributed by atoms with van der Waals surface area (Å²) in [5.41, 5.74) is 1.68. The lowest BCUT2D eigenvalue weighted by atomic mass is 10.2. The van der Waals surface area contributed by atoms with Gasteiger partial charge in [0.2, 0.25) is 0 Å². The first-order chi connectivity index (χ1) is 11.6. The molecule has 0 aliphatic rings. The highest BCUT2D eigenvalue weighted by atomic mass is 16.5. The highest BCUT2D eigenvalue weighted by molar-refractivity contribution is 5.94. The van der Waals surface area contributed by atoms with Gasteiger partial charge < -0.3 is 14.8 Å². The van der Waals surface area contributed by atoms with E-state index in [4.69, 9.17) is 9.47 Å². The molecule has 24 heavy (non-hydrogen) atoms. The molecule has 0 aromatic heterocycles. The van der Waals surface area contributed by atoms with Crippen LogP contribution in [-0.4, -0.2) is 18.6 Å². The highest BCUT2D eigenvalue weighted by Gasteiger charge is 2.19. The van der Waals surface area contributed by atoms with Gasteiger partial charge in [-0.1, -0.05) is 43.8 Å². The summed E-state index contributed by atoms with van der Waals surface area (Å²) in [4.78, 5) is 12.5. The van der Waals surface area contributed by atoms with E-state index in [1.165, 1.54) is 0 Å². The summed E-state index contributed by atoms with van der Waals surface area (Å²) >= 11 is 0. The molecule has 0 radical (unpaired) electrons. The Kier molecular flexibility index (Phi) is 6.43. The second-order valence-corrected chi connectivity index (χ2v) is 5.40. The minimum atomic E-state index is -0.552. The van der Waals surface area contributed by atoms with Crippen LogP contribution in [0, 0.1) is 6.92 Å². The number of amides is 1. The molecule has 0 saturated heterocycles. The van der Waals surface area contributed by atoms with Gasteiger partial charge in [0.1, 0.15) is 18.1 Å². The maximum absolute atomic E-state index is 12.5. The fourth-order valence-electron chi connectivity index (χ4n) is 2.21. The number of carbonyl (C=O) groups is 1. The lowest BCUT2D eigenvalue weighted by Crippen LogP contribution is -2.32. The Morgan fingerprint density at radius 2 is 2.04 bits per heavy atom. The van der Waals surface area contributed by atoms with Gasteiger partial charge in [0, 0.05) is 11.8 Å². The van der Waals surface area contributed by atoms with Crippen LogP contribution < -0.4 is 14.8 Å². The minimum Gasteiger partial charge on any atom is -0.489 e. The van der Waals surface area contributed by atoms with Gasteiger partial charge in [-0.3, -0.25) is 4.79 Å². The zero-order chi connectivity index (χ0) is 17.4. The molecule has 1 unspecified atom stereocenters. The number of anilines is 1. The third-order valence-corrected chi connectivity index (χ3v) is 3.50. The summed E-state index contributed by atoms with van der Waals surface area (Å²) in [7, 11) is 0. The molecule has 1 N–H and O–H groups in total. The summed E-state index contributed by atoms with van der Waals surface area (Å²) in [6.45, 7) is 7.92. The summed E-state index contributed by atoms with van der Waals surface area (Å²) < 4.78 is 11.3. The van der Waals surface area contributed by atoms with E-state index < -0.39 is 6.10 Å². The van der Waals surface area contributed by atoms with Crippen molar-refractivity contribution in [3.63, 3.8) is 0 Å². The van der Waals surface area contributed by atoms with Crippen LogP contribution in [0.25, 0.3) is 0 Å². The zero-order valence-electron chi connectivity index (χ0n) is 14.1. The Morgan fingerprint density at radius 1 is 1.25 bits per heavy atom. The first-order valence-corrected chi connectivity index (χ1v) is 8.01. The van der Waals surface area contributed by atoms with Gasteiger partial charge in [-0.05, 0) is 37.1 Å². The van der Waals surface area contributed by atoms with Gasteiger partial charge in [0.05, 0.1) is 0 Å². The van der Waals surface area contributed by atoms with Crippen LogP contribution in [0.3, 0.4) is 0 Å². The quantitative estimate of drug-likeness (QED) is 0.734. The second-order valence-electron chi connectivity index (χ2n) is 5.40. The number of aryl methyl sites for hydroxylation is 1. The molecule has 2 rings (SSSR count).